The molecule has 0 aliphatic rings. The summed E-state index contributed by atoms with van der Waals surface area (Å²) in [7, 11) is 0. The number of rotatable bonds is 7. The zero-order valence-electron chi connectivity index (χ0n) is 75.1. The third-order valence-electron chi connectivity index (χ3n) is 28.7. The summed E-state index contributed by atoms with van der Waals surface area (Å²) in [6, 6.07) is 165. The van der Waals surface area contributed by atoms with Crippen LogP contribution in [0.2, 0.25) is 0 Å². The van der Waals surface area contributed by atoms with Crippen molar-refractivity contribution >= 4 is 217 Å². The van der Waals surface area contributed by atoms with Crippen LogP contribution in [0.1, 0.15) is 16.7 Å². The molecule has 0 spiro atoms. The van der Waals surface area contributed by atoms with E-state index in [2.05, 4.69) is 391 Å². The molecule has 646 valence electrons. The van der Waals surface area contributed by atoms with Gasteiger partial charge in [-0.25, -0.2) is 15.0 Å². The SMILES string of the molecule is N#Cc1c(-c2ccccc2)c(-n2c3ccccc3c3c4ccc(-n5c6ccccc6c6ccccc65)cc4ccc32)nc2ccccc12.N#Cc1cc(-n2c3ccccc3c3c4ccc(-n5c6ccccc6c6c7ccccc7ccc65)cc4ccc32)nc2ccccc12.N#Cc1cc(-n2c3ccccc3c3c4ccc(-n5c6ccccc6c6ccc7ccccc7c65)cc4ccc32)nc2ccccc12. The molecule has 140 heavy (non-hydrogen) atoms. The summed E-state index contributed by atoms with van der Waals surface area (Å²) in [5, 5.41) is 59.9. The van der Waals surface area contributed by atoms with Crippen LogP contribution < -0.4 is 0 Å². The molecule has 12 nitrogen and oxygen atoms in total. The third kappa shape index (κ3) is 11.9. The minimum atomic E-state index is 0.621. The lowest BCUT2D eigenvalue weighted by Crippen LogP contribution is -2.04. The molecule has 9 heterocycles. The van der Waals surface area contributed by atoms with E-state index in [9.17, 15) is 15.8 Å². The van der Waals surface area contributed by atoms with Gasteiger partial charge in [-0.3, -0.25) is 13.7 Å². The van der Waals surface area contributed by atoms with Crippen LogP contribution in [0.4, 0.5) is 0 Å². The number of pyridine rings is 3. The first kappa shape index (κ1) is 79.0. The van der Waals surface area contributed by atoms with E-state index in [0.29, 0.717) is 16.7 Å². The van der Waals surface area contributed by atoms with Crippen LogP contribution in [0, 0.1) is 34.0 Å². The van der Waals surface area contributed by atoms with E-state index >= 15 is 0 Å². The number of hydrogen-bond donors (Lipinski definition) is 0. The predicted octanol–water partition coefficient (Wildman–Crippen LogP) is 32.3. The molecule has 0 saturated carbocycles. The van der Waals surface area contributed by atoms with Crippen LogP contribution in [0.25, 0.3) is 263 Å². The molecule has 12 heteroatoms. The summed E-state index contributed by atoms with van der Waals surface area (Å²) >= 11 is 0. The molecule has 0 fully saturated rings. The molecule has 0 radical (unpaired) electrons. The summed E-state index contributed by atoms with van der Waals surface area (Å²) in [4.78, 5) is 15.4. The van der Waals surface area contributed by atoms with Gasteiger partial charge in [0.2, 0.25) is 0 Å². The molecule has 0 N–H and O–H groups in total. The van der Waals surface area contributed by atoms with Gasteiger partial charge in [-0.2, -0.15) is 15.8 Å². The second kappa shape index (κ2) is 31.3. The average Bonchev–Trinajstić information content (AvgIpc) is 1.56. The molecular formula is C128H74N12. The van der Waals surface area contributed by atoms with Crippen LogP contribution in [-0.4, -0.2) is 42.4 Å². The Labute approximate surface area is 799 Å². The largest absolute Gasteiger partial charge is 0.309 e. The van der Waals surface area contributed by atoms with E-state index in [1.807, 2.05) is 103 Å². The quantitative estimate of drug-likeness (QED) is 0.156. The van der Waals surface area contributed by atoms with Crippen LogP contribution in [0.5, 0.6) is 0 Å². The lowest BCUT2D eigenvalue weighted by atomic mass is 9.97. The van der Waals surface area contributed by atoms with Gasteiger partial charge in [-0.15, -0.1) is 0 Å². The Balaban J connectivity index is 0.000000103. The number of aromatic nitrogens is 9. The van der Waals surface area contributed by atoms with E-state index in [-0.39, 0.29) is 0 Å². The summed E-state index contributed by atoms with van der Waals surface area (Å²) in [5.74, 6) is 2.24. The van der Waals surface area contributed by atoms with E-state index in [1.54, 1.807) is 0 Å². The third-order valence-corrected chi connectivity index (χ3v) is 28.7. The highest BCUT2D eigenvalue weighted by atomic mass is 15.1. The second-order valence-electron chi connectivity index (χ2n) is 36.1. The molecule has 30 rings (SSSR count). The molecule has 0 aliphatic carbocycles. The Morgan fingerprint density at radius 1 is 0.186 bits per heavy atom. The van der Waals surface area contributed by atoms with Gasteiger partial charge >= 0.3 is 0 Å². The molecule has 0 bridgehead atoms. The molecule has 30 aromatic rings. The first-order chi connectivity index (χ1) is 69.4. The van der Waals surface area contributed by atoms with Crippen molar-refractivity contribution in [2.75, 3.05) is 0 Å². The van der Waals surface area contributed by atoms with Gasteiger partial charge < -0.3 is 13.7 Å². The summed E-state index contributed by atoms with van der Waals surface area (Å²) in [5.41, 5.74) is 23.1. The maximum absolute atomic E-state index is 10.6. The lowest BCUT2D eigenvalue weighted by molar-refractivity contribution is 1.10. The normalized spacial score (nSPS) is 11.8. The molecule has 21 aromatic carbocycles. The number of nitrogens with zero attached hydrogens (tertiary/aromatic N) is 12. The highest BCUT2D eigenvalue weighted by Crippen LogP contribution is 2.48. The van der Waals surface area contributed by atoms with Crippen molar-refractivity contribution in [3.8, 4) is 63.9 Å². The second-order valence-corrected chi connectivity index (χ2v) is 36.1. The van der Waals surface area contributed by atoms with Crippen LogP contribution in [0.3, 0.4) is 0 Å². The zero-order chi connectivity index (χ0) is 92.5. The fraction of sp³-hybridized carbons (Fsp3) is 0. The smallest absolute Gasteiger partial charge is 0.147 e. The van der Waals surface area contributed by atoms with Gasteiger partial charge in [0.15, 0.2) is 0 Å². The molecule has 9 aromatic heterocycles. The topological polar surface area (TPSA) is 140 Å². The van der Waals surface area contributed by atoms with Crippen molar-refractivity contribution in [1.29, 1.82) is 15.8 Å². The van der Waals surface area contributed by atoms with Gasteiger partial charge in [0.1, 0.15) is 23.5 Å². The predicted molar refractivity (Wildman–Crippen MR) is 578 cm³/mol. The zero-order valence-corrected chi connectivity index (χ0v) is 75.1. The molecular weight excluding hydrogens is 1710 g/mol. The Bertz CT molecular complexity index is 10700. The summed E-state index contributed by atoms with van der Waals surface area (Å²) < 4.78 is 13.8. The Hall–Kier alpha value is -19.6. The minimum Gasteiger partial charge on any atom is -0.309 e. The Morgan fingerprint density at radius 3 is 0.943 bits per heavy atom. The van der Waals surface area contributed by atoms with Gasteiger partial charge in [0.25, 0.3) is 0 Å². The first-order valence-corrected chi connectivity index (χ1v) is 47.0. The molecule has 0 unspecified atom stereocenters. The fourth-order valence-corrected chi connectivity index (χ4v) is 22.8. The van der Waals surface area contributed by atoms with Crippen LogP contribution in [0.15, 0.2) is 449 Å². The van der Waals surface area contributed by atoms with Gasteiger partial charge in [-0.1, -0.05) is 315 Å². The van der Waals surface area contributed by atoms with Crippen LogP contribution >= 0.6 is 0 Å². The van der Waals surface area contributed by atoms with E-state index < -0.39 is 0 Å². The van der Waals surface area contributed by atoms with Crippen molar-refractivity contribution in [3.63, 3.8) is 0 Å². The van der Waals surface area contributed by atoms with Crippen molar-refractivity contribution in [3.05, 3.63) is 466 Å². The molecule has 0 saturated heterocycles. The minimum absolute atomic E-state index is 0.621. The highest BCUT2D eigenvalue weighted by Gasteiger charge is 2.28. The number of fused-ring (bicyclic) bond motifs is 31. The average molecular weight is 1780 g/mol. The maximum atomic E-state index is 10.6. The van der Waals surface area contributed by atoms with E-state index in [0.717, 1.165) is 133 Å². The van der Waals surface area contributed by atoms with Gasteiger partial charge in [-0.05, 0) is 187 Å². The molecule has 0 aliphatic heterocycles. The van der Waals surface area contributed by atoms with Crippen molar-refractivity contribution in [2.24, 2.45) is 0 Å². The Kier molecular flexibility index (Phi) is 17.6. The summed E-state index contributed by atoms with van der Waals surface area (Å²) in [6.07, 6.45) is 0. The standard InChI is InChI=1S/C44H26N4.2C42H24N4/c45-27-36-32-14-4-8-18-37(32)46-44(42(36)28-12-2-1-3-13-28)48-40-21-11-7-17-35(40)43-31-24-23-30(26-29(31)22-25-41(43)48)47-38-19-9-5-15-33(38)34-16-6-10-20-39(34)47;43-25-28-24-40(44-35-14-6-3-10-30(28)35)46-37-16-8-5-13-34(37)42-32-20-19-29(23-27(32)18-22-39(42)46)45-36-15-7-4-12-33(36)41-31-11-2-1-9-26(31)17-21-38(41)45;43-25-28-24-40(44-36-14-6-3-10-30(28)36)46-38-16-8-5-13-35(38)41-31-21-19-29(23-27(31)18-22-39(41)46)45-37-15-7-4-12-33(37)34-20-17-26-9-1-2-11-32(26)42(34)45/h1-26H;2*1-24H. The van der Waals surface area contributed by atoms with E-state index in [4.69, 9.17) is 15.0 Å². The highest BCUT2D eigenvalue weighted by molar-refractivity contribution is 6.27. The molecule has 0 atom stereocenters. The lowest BCUT2D eigenvalue weighted by Gasteiger charge is -2.16. The first-order valence-electron chi connectivity index (χ1n) is 47.0. The van der Waals surface area contributed by atoms with Crippen molar-refractivity contribution < 1.29 is 0 Å². The summed E-state index contributed by atoms with van der Waals surface area (Å²) in [6.45, 7) is 0. The van der Waals surface area contributed by atoms with Gasteiger partial charge in [0, 0.05) is 109 Å². The van der Waals surface area contributed by atoms with E-state index in [1.165, 1.54) is 130 Å². The van der Waals surface area contributed by atoms with Crippen molar-refractivity contribution in [2.45, 2.75) is 0 Å². The monoisotopic (exact) mass is 1780 g/mol. The number of nitriles is 3. The number of benzene rings is 21. The van der Waals surface area contributed by atoms with Crippen molar-refractivity contribution in [1.82, 2.24) is 42.4 Å². The van der Waals surface area contributed by atoms with Gasteiger partial charge in [0.05, 0.1) is 112 Å². The Morgan fingerprint density at radius 2 is 0.486 bits per heavy atom. The number of hydrogen-bond acceptors (Lipinski definition) is 6. The maximum Gasteiger partial charge on any atom is 0.147 e. The fourth-order valence-electron chi connectivity index (χ4n) is 22.8. The number of para-hydroxylation sites is 10. The van der Waals surface area contributed by atoms with Crippen LogP contribution in [-0.2, 0) is 0 Å². The molecule has 0 amide bonds.